The fourth-order valence-electron chi connectivity index (χ4n) is 2.18. The molecule has 0 spiro atoms. The molecular weight excluding hydrogens is 314 g/mol. The van der Waals surface area contributed by atoms with E-state index in [9.17, 15) is 14.4 Å². The zero-order chi connectivity index (χ0) is 17.8. The Labute approximate surface area is 144 Å². The van der Waals surface area contributed by atoms with E-state index in [1.807, 2.05) is 13.3 Å². The second-order valence-electron chi connectivity index (χ2n) is 5.74. The van der Waals surface area contributed by atoms with Gasteiger partial charge in [-0.15, -0.1) is 0 Å². The molecule has 0 aromatic heterocycles. The van der Waals surface area contributed by atoms with Crippen molar-refractivity contribution in [3.05, 3.63) is 0 Å². The van der Waals surface area contributed by atoms with Gasteiger partial charge < -0.3 is 15.1 Å². The predicted molar refractivity (Wildman–Crippen MR) is 95.7 cm³/mol. The van der Waals surface area contributed by atoms with Gasteiger partial charge in [0, 0.05) is 40.0 Å². The Bertz CT molecular complexity index is 391. The van der Waals surface area contributed by atoms with E-state index in [1.54, 1.807) is 30.8 Å². The highest BCUT2D eigenvalue weighted by molar-refractivity contribution is 7.98. The van der Waals surface area contributed by atoms with Crippen molar-refractivity contribution in [2.45, 2.75) is 38.6 Å². The van der Waals surface area contributed by atoms with E-state index in [1.165, 1.54) is 11.8 Å². The number of thioether (sulfide) groups is 1. The Hall–Kier alpha value is -1.08. The van der Waals surface area contributed by atoms with Crippen LogP contribution < -0.4 is 5.32 Å². The van der Waals surface area contributed by atoms with Crippen LogP contribution in [-0.4, -0.2) is 79.7 Å². The second kappa shape index (κ2) is 12.4. The van der Waals surface area contributed by atoms with Gasteiger partial charge >= 0.3 is 0 Å². The molecule has 0 rings (SSSR count). The van der Waals surface area contributed by atoms with Crippen molar-refractivity contribution in [1.29, 1.82) is 0 Å². The fraction of sp³-hybridized carbons (Fsp3) is 0.812. The third-order valence-corrected chi connectivity index (χ3v) is 4.39. The molecule has 0 radical (unpaired) electrons. The third-order valence-electron chi connectivity index (χ3n) is 3.69. The van der Waals surface area contributed by atoms with Crippen LogP contribution in [0.25, 0.3) is 0 Å². The van der Waals surface area contributed by atoms with E-state index in [2.05, 4.69) is 5.32 Å². The molecule has 0 saturated carbocycles. The smallest absolute Gasteiger partial charge is 0.245 e. The minimum absolute atomic E-state index is 0.0653. The molecule has 0 aliphatic heterocycles. The van der Waals surface area contributed by atoms with Gasteiger partial charge in [0.25, 0.3) is 0 Å². The summed E-state index contributed by atoms with van der Waals surface area (Å²) >= 11 is 1.76. The predicted octanol–water partition coefficient (Wildman–Crippen LogP) is 1.00. The molecular formula is C16H31N3O3S. The van der Waals surface area contributed by atoms with Crippen LogP contribution in [0.1, 0.15) is 32.6 Å². The molecule has 1 unspecified atom stereocenters. The van der Waals surface area contributed by atoms with Crippen LogP contribution in [-0.2, 0) is 14.4 Å². The number of carbonyl (C=O) groups is 3. The minimum Gasteiger partial charge on any atom is -0.343 e. The summed E-state index contributed by atoms with van der Waals surface area (Å²) in [7, 11) is 5.13. The molecule has 2 amide bonds. The van der Waals surface area contributed by atoms with Gasteiger partial charge in [-0.05, 0) is 38.8 Å². The molecule has 0 aliphatic carbocycles. The summed E-state index contributed by atoms with van der Waals surface area (Å²) in [6.07, 6.45) is 4.31. The Balaban J connectivity index is 4.76. The number of amides is 2. The number of hydrogen-bond acceptors (Lipinski definition) is 5. The highest BCUT2D eigenvalue weighted by Crippen LogP contribution is 2.11. The lowest BCUT2D eigenvalue weighted by Gasteiger charge is -2.30. The molecule has 23 heavy (non-hydrogen) atoms. The van der Waals surface area contributed by atoms with Gasteiger partial charge in [-0.1, -0.05) is 0 Å². The van der Waals surface area contributed by atoms with Crippen LogP contribution in [0.4, 0.5) is 0 Å². The molecule has 0 bridgehead atoms. The average molecular weight is 346 g/mol. The zero-order valence-electron chi connectivity index (χ0n) is 15.1. The highest BCUT2D eigenvalue weighted by atomic mass is 32.2. The fourth-order valence-corrected chi connectivity index (χ4v) is 2.67. The first-order valence-electron chi connectivity index (χ1n) is 7.98. The molecule has 1 atom stereocenters. The maximum atomic E-state index is 12.6. The number of Topliss-reactive ketones (excluding diaryl/α,β-unsaturated/α-hetero) is 1. The van der Waals surface area contributed by atoms with Crippen LogP contribution >= 0.6 is 11.8 Å². The number of nitrogens with zero attached hydrogens (tertiary/aromatic N) is 2. The number of rotatable bonds is 12. The lowest BCUT2D eigenvalue weighted by atomic mass is 10.1. The summed E-state index contributed by atoms with van der Waals surface area (Å²) in [4.78, 5) is 39.4. The first-order valence-corrected chi connectivity index (χ1v) is 9.38. The summed E-state index contributed by atoms with van der Waals surface area (Å²) in [6.45, 7) is 2.66. The lowest BCUT2D eigenvalue weighted by molar-refractivity contribution is -0.145. The zero-order valence-corrected chi connectivity index (χ0v) is 15.9. The lowest BCUT2D eigenvalue weighted by Crippen LogP contribution is -2.50. The molecule has 7 heteroatoms. The van der Waals surface area contributed by atoms with E-state index in [0.717, 1.165) is 18.6 Å². The SMILES string of the molecule is CNCCN(C)C(=O)C(CC(C)=O)N(C)C(=O)CCCCSC. The number of likely N-dealkylation sites (N-methyl/N-ethyl adjacent to an activating group) is 3. The number of unbranched alkanes of at least 4 members (excludes halogenated alkanes) is 1. The van der Waals surface area contributed by atoms with Crippen molar-refractivity contribution >= 4 is 29.4 Å². The Morgan fingerprint density at radius 2 is 1.83 bits per heavy atom. The Morgan fingerprint density at radius 3 is 2.35 bits per heavy atom. The van der Waals surface area contributed by atoms with E-state index in [0.29, 0.717) is 19.5 Å². The summed E-state index contributed by atoms with van der Waals surface area (Å²) in [5.74, 6) is 0.676. The Kier molecular flexibility index (Phi) is 11.8. The van der Waals surface area contributed by atoms with Crippen molar-refractivity contribution in [2.75, 3.05) is 46.2 Å². The standard InChI is InChI=1S/C16H31N3O3S/c1-13(20)12-14(16(22)18(3)10-9-17-2)19(4)15(21)8-6-7-11-23-5/h14,17H,6-12H2,1-5H3. The van der Waals surface area contributed by atoms with Crippen molar-refractivity contribution in [1.82, 2.24) is 15.1 Å². The second-order valence-corrected chi connectivity index (χ2v) is 6.73. The van der Waals surface area contributed by atoms with Gasteiger partial charge in [0.1, 0.15) is 11.8 Å². The van der Waals surface area contributed by atoms with Gasteiger partial charge in [-0.3, -0.25) is 14.4 Å². The van der Waals surface area contributed by atoms with Crippen LogP contribution in [0.2, 0.25) is 0 Å². The molecule has 0 aromatic rings. The van der Waals surface area contributed by atoms with Gasteiger partial charge in [0.2, 0.25) is 11.8 Å². The van der Waals surface area contributed by atoms with E-state index < -0.39 is 6.04 Å². The molecule has 0 fully saturated rings. The van der Waals surface area contributed by atoms with Crippen molar-refractivity contribution in [3.8, 4) is 0 Å². The maximum Gasteiger partial charge on any atom is 0.245 e. The molecule has 1 N–H and O–H groups in total. The van der Waals surface area contributed by atoms with Gasteiger partial charge in [-0.2, -0.15) is 11.8 Å². The number of carbonyl (C=O) groups excluding carboxylic acids is 3. The minimum atomic E-state index is -0.706. The first kappa shape index (κ1) is 21.9. The van der Waals surface area contributed by atoms with Gasteiger partial charge in [0.05, 0.1) is 0 Å². The topological polar surface area (TPSA) is 69.7 Å². The van der Waals surface area contributed by atoms with Gasteiger partial charge in [-0.25, -0.2) is 0 Å². The monoisotopic (exact) mass is 345 g/mol. The van der Waals surface area contributed by atoms with E-state index in [-0.39, 0.29) is 24.0 Å². The van der Waals surface area contributed by atoms with E-state index >= 15 is 0 Å². The number of ketones is 1. The molecule has 134 valence electrons. The van der Waals surface area contributed by atoms with Crippen LogP contribution in [0.5, 0.6) is 0 Å². The van der Waals surface area contributed by atoms with E-state index in [4.69, 9.17) is 0 Å². The molecule has 6 nitrogen and oxygen atoms in total. The average Bonchev–Trinajstić information content (AvgIpc) is 2.52. The molecule has 0 saturated heterocycles. The highest BCUT2D eigenvalue weighted by Gasteiger charge is 2.29. The van der Waals surface area contributed by atoms with Crippen molar-refractivity contribution in [2.24, 2.45) is 0 Å². The first-order chi connectivity index (χ1) is 10.8. The van der Waals surface area contributed by atoms with Gasteiger partial charge in [0.15, 0.2) is 0 Å². The molecule has 0 aliphatic rings. The molecule has 0 aromatic carbocycles. The van der Waals surface area contributed by atoms with Crippen LogP contribution in [0.3, 0.4) is 0 Å². The van der Waals surface area contributed by atoms with Crippen molar-refractivity contribution < 1.29 is 14.4 Å². The van der Waals surface area contributed by atoms with Crippen molar-refractivity contribution in [3.63, 3.8) is 0 Å². The quantitative estimate of drug-likeness (QED) is 0.535. The summed E-state index contributed by atoms with van der Waals surface area (Å²) in [5, 5.41) is 2.98. The van der Waals surface area contributed by atoms with Crippen LogP contribution in [0, 0.1) is 0 Å². The summed E-state index contributed by atoms with van der Waals surface area (Å²) in [6, 6.07) is -0.706. The third kappa shape index (κ3) is 8.95. The number of hydrogen-bond donors (Lipinski definition) is 1. The molecule has 0 heterocycles. The number of nitrogens with one attached hydrogen (secondary N) is 1. The largest absolute Gasteiger partial charge is 0.343 e. The normalized spacial score (nSPS) is 11.9. The summed E-state index contributed by atoms with van der Waals surface area (Å²) in [5.41, 5.74) is 0. The Morgan fingerprint density at radius 1 is 1.17 bits per heavy atom. The maximum absolute atomic E-state index is 12.6. The summed E-state index contributed by atoms with van der Waals surface area (Å²) < 4.78 is 0. The van der Waals surface area contributed by atoms with Crippen LogP contribution in [0.15, 0.2) is 0 Å².